The molecule has 1 aromatic carbocycles. The molecule has 0 aliphatic carbocycles. The van der Waals surface area contributed by atoms with Crippen LogP contribution in [0.1, 0.15) is 38.8 Å². The van der Waals surface area contributed by atoms with Gasteiger partial charge in [-0.05, 0) is 32.4 Å². The molecule has 6 heteroatoms. The summed E-state index contributed by atoms with van der Waals surface area (Å²) in [5.74, 6) is 0.389. The van der Waals surface area contributed by atoms with Crippen molar-refractivity contribution in [2.24, 2.45) is 0 Å². The number of aryl methyl sites for hydroxylation is 3. The van der Waals surface area contributed by atoms with Gasteiger partial charge in [0.2, 0.25) is 0 Å². The Balaban J connectivity index is 1.76. The van der Waals surface area contributed by atoms with E-state index in [0.29, 0.717) is 24.5 Å². The smallest absolute Gasteiger partial charge is 0.274 e. The summed E-state index contributed by atoms with van der Waals surface area (Å²) in [6.07, 6.45) is 0. The first kappa shape index (κ1) is 16.0. The third-order valence-corrected chi connectivity index (χ3v) is 3.91. The van der Waals surface area contributed by atoms with Crippen LogP contribution in [0.2, 0.25) is 0 Å². The van der Waals surface area contributed by atoms with Crippen LogP contribution in [0, 0.1) is 20.8 Å². The van der Waals surface area contributed by atoms with Gasteiger partial charge in [-0.25, -0.2) is 0 Å². The van der Waals surface area contributed by atoms with Crippen LogP contribution >= 0.6 is 0 Å². The van der Waals surface area contributed by atoms with Crippen molar-refractivity contribution in [2.75, 3.05) is 0 Å². The summed E-state index contributed by atoms with van der Waals surface area (Å²) < 4.78 is 7.09. The fraction of sp³-hybridized carbons (Fsp3) is 0.278. The Hall–Kier alpha value is -2.89. The summed E-state index contributed by atoms with van der Waals surface area (Å²) in [5.41, 5.74) is 4.08. The van der Waals surface area contributed by atoms with Crippen molar-refractivity contribution in [2.45, 2.75) is 33.9 Å². The number of aromatic nitrogens is 3. The zero-order valence-corrected chi connectivity index (χ0v) is 14.0. The van der Waals surface area contributed by atoms with E-state index in [1.165, 1.54) is 0 Å². The molecule has 0 fully saturated rings. The fourth-order valence-corrected chi connectivity index (χ4v) is 2.60. The molecule has 3 aromatic rings. The third-order valence-electron chi connectivity index (χ3n) is 3.91. The van der Waals surface area contributed by atoms with Gasteiger partial charge in [-0.3, -0.25) is 9.48 Å². The average Bonchev–Trinajstić information content (AvgIpc) is 3.09. The van der Waals surface area contributed by atoms with Gasteiger partial charge in [-0.1, -0.05) is 35.5 Å². The minimum atomic E-state index is -0.243. The Bertz CT molecular complexity index is 849. The Labute approximate surface area is 140 Å². The van der Waals surface area contributed by atoms with Crippen molar-refractivity contribution < 1.29 is 9.32 Å². The Morgan fingerprint density at radius 3 is 2.62 bits per heavy atom. The van der Waals surface area contributed by atoms with Gasteiger partial charge in [-0.15, -0.1) is 0 Å². The lowest BCUT2D eigenvalue weighted by atomic mass is 10.1. The second kappa shape index (κ2) is 6.70. The largest absolute Gasteiger partial charge is 0.361 e. The molecule has 0 saturated heterocycles. The number of carbonyl (C=O) groups is 1. The molecule has 0 unspecified atom stereocenters. The highest BCUT2D eigenvalue weighted by Crippen LogP contribution is 2.16. The van der Waals surface area contributed by atoms with E-state index >= 15 is 0 Å². The SMILES string of the molecule is Cc1cc(C)n(Cc2c(C(=O)NCc3ccccc3)noc2C)n1. The minimum absolute atomic E-state index is 0.243. The number of carbonyl (C=O) groups excluding carboxylic acids is 1. The number of hydrogen-bond donors (Lipinski definition) is 1. The topological polar surface area (TPSA) is 73.0 Å². The van der Waals surface area contributed by atoms with Crippen LogP contribution < -0.4 is 5.32 Å². The van der Waals surface area contributed by atoms with Crippen LogP contribution in [0.15, 0.2) is 40.9 Å². The molecule has 0 aliphatic heterocycles. The highest BCUT2D eigenvalue weighted by atomic mass is 16.5. The molecule has 24 heavy (non-hydrogen) atoms. The quantitative estimate of drug-likeness (QED) is 0.783. The number of benzene rings is 1. The Morgan fingerprint density at radius 2 is 1.96 bits per heavy atom. The van der Waals surface area contributed by atoms with Crippen LogP contribution in [-0.2, 0) is 13.1 Å². The van der Waals surface area contributed by atoms with E-state index in [1.54, 1.807) is 0 Å². The molecule has 2 heterocycles. The van der Waals surface area contributed by atoms with E-state index < -0.39 is 0 Å². The van der Waals surface area contributed by atoms with E-state index in [4.69, 9.17) is 4.52 Å². The average molecular weight is 324 g/mol. The summed E-state index contributed by atoms with van der Waals surface area (Å²) in [6, 6.07) is 11.7. The van der Waals surface area contributed by atoms with E-state index in [2.05, 4.69) is 15.6 Å². The number of nitrogens with zero attached hydrogens (tertiary/aromatic N) is 3. The second-order valence-corrected chi connectivity index (χ2v) is 5.82. The second-order valence-electron chi connectivity index (χ2n) is 5.82. The predicted molar refractivity (Wildman–Crippen MR) is 89.7 cm³/mol. The molecule has 0 radical (unpaired) electrons. The maximum absolute atomic E-state index is 12.5. The molecule has 1 N–H and O–H groups in total. The van der Waals surface area contributed by atoms with Gasteiger partial charge in [0.15, 0.2) is 5.69 Å². The minimum Gasteiger partial charge on any atom is -0.361 e. The molecule has 3 rings (SSSR count). The molecular weight excluding hydrogens is 304 g/mol. The summed E-state index contributed by atoms with van der Waals surface area (Å²) >= 11 is 0. The molecule has 0 bridgehead atoms. The van der Waals surface area contributed by atoms with Crippen LogP contribution in [0.25, 0.3) is 0 Å². The Morgan fingerprint density at radius 1 is 1.21 bits per heavy atom. The van der Waals surface area contributed by atoms with E-state index in [9.17, 15) is 4.79 Å². The molecule has 124 valence electrons. The molecule has 1 amide bonds. The van der Waals surface area contributed by atoms with Gasteiger partial charge < -0.3 is 9.84 Å². The van der Waals surface area contributed by atoms with Crippen LogP contribution in [0.5, 0.6) is 0 Å². The normalized spacial score (nSPS) is 10.8. The molecule has 0 spiro atoms. The zero-order valence-electron chi connectivity index (χ0n) is 14.0. The monoisotopic (exact) mass is 324 g/mol. The summed E-state index contributed by atoms with van der Waals surface area (Å²) in [7, 11) is 0. The van der Waals surface area contributed by atoms with Crippen molar-refractivity contribution in [3.05, 3.63) is 70.4 Å². The van der Waals surface area contributed by atoms with Gasteiger partial charge in [0.05, 0.1) is 12.2 Å². The lowest BCUT2D eigenvalue weighted by Gasteiger charge is -2.07. The van der Waals surface area contributed by atoms with E-state index in [0.717, 1.165) is 22.5 Å². The Kier molecular flexibility index (Phi) is 4.46. The van der Waals surface area contributed by atoms with Gasteiger partial charge in [0.25, 0.3) is 5.91 Å². The van der Waals surface area contributed by atoms with Crippen molar-refractivity contribution in [3.63, 3.8) is 0 Å². The third kappa shape index (κ3) is 3.37. The molecule has 6 nitrogen and oxygen atoms in total. The molecular formula is C18H20N4O2. The molecule has 0 aliphatic rings. The summed E-state index contributed by atoms with van der Waals surface area (Å²) in [6.45, 7) is 6.64. The van der Waals surface area contributed by atoms with E-state index in [1.807, 2.05) is 61.9 Å². The highest BCUT2D eigenvalue weighted by molar-refractivity contribution is 5.93. The summed E-state index contributed by atoms with van der Waals surface area (Å²) in [5, 5.41) is 11.3. The van der Waals surface area contributed by atoms with Gasteiger partial charge in [-0.2, -0.15) is 5.10 Å². The maximum atomic E-state index is 12.5. The molecule has 0 saturated carbocycles. The molecule has 0 atom stereocenters. The predicted octanol–water partition coefficient (Wildman–Crippen LogP) is 2.77. The summed E-state index contributed by atoms with van der Waals surface area (Å²) in [4.78, 5) is 12.5. The fourth-order valence-electron chi connectivity index (χ4n) is 2.60. The number of rotatable bonds is 5. The number of amides is 1. The maximum Gasteiger partial charge on any atom is 0.274 e. The zero-order chi connectivity index (χ0) is 17.1. The van der Waals surface area contributed by atoms with Gasteiger partial charge in [0, 0.05) is 17.8 Å². The van der Waals surface area contributed by atoms with Crippen molar-refractivity contribution >= 4 is 5.91 Å². The van der Waals surface area contributed by atoms with Gasteiger partial charge >= 0.3 is 0 Å². The lowest BCUT2D eigenvalue weighted by Crippen LogP contribution is -2.24. The first-order valence-corrected chi connectivity index (χ1v) is 7.83. The van der Waals surface area contributed by atoms with E-state index in [-0.39, 0.29) is 5.91 Å². The van der Waals surface area contributed by atoms with Crippen LogP contribution in [-0.4, -0.2) is 20.8 Å². The van der Waals surface area contributed by atoms with Crippen LogP contribution in [0.3, 0.4) is 0 Å². The van der Waals surface area contributed by atoms with Crippen molar-refractivity contribution in [3.8, 4) is 0 Å². The molecule has 2 aromatic heterocycles. The standard InChI is InChI=1S/C18H20N4O2/c1-12-9-13(2)22(20-12)11-16-14(3)24-21-17(16)18(23)19-10-15-7-5-4-6-8-15/h4-9H,10-11H2,1-3H3,(H,19,23). The number of nitrogens with one attached hydrogen (secondary N) is 1. The number of hydrogen-bond acceptors (Lipinski definition) is 4. The van der Waals surface area contributed by atoms with Crippen LogP contribution in [0.4, 0.5) is 0 Å². The first-order valence-electron chi connectivity index (χ1n) is 7.83. The van der Waals surface area contributed by atoms with Crippen molar-refractivity contribution in [1.82, 2.24) is 20.3 Å². The first-order chi connectivity index (χ1) is 11.5. The lowest BCUT2D eigenvalue weighted by molar-refractivity contribution is 0.0941. The highest BCUT2D eigenvalue weighted by Gasteiger charge is 2.20. The van der Waals surface area contributed by atoms with Crippen molar-refractivity contribution in [1.29, 1.82) is 0 Å². The van der Waals surface area contributed by atoms with Gasteiger partial charge in [0.1, 0.15) is 5.76 Å².